The second kappa shape index (κ2) is 5.53. The van der Waals surface area contributed by atoms with Crippen LogP contribution in [-0.2, 0) is 4.79 Å². The average Bonchev–Trinajstić information content (AvgIpc) is 2.65. The Kier molecular flexibility index (Phi) is 4.64. The molecular formula is C13H24O. The first-order valence-corrected chi connectivity index (χ1v) is 6.20. The molecule has 0 aromatic rings. The van der Waals surface area contributed by atoms with Gasteiger partial charge in [0.05, 0.1) is 0 Å². The monoisotopic (exact) mass is 196 g/mol. The molecule has 1 aliphatic rings. The van der Waals surface area contributed by atoms with Crippen LogP contribution in [0.1, 0.15) is 59.3 Å². The van der Waals surface area contributed by atoms with Crippen LogP contribution >= 0.6 is 0 Å². The van der Waals surface area contributed by atoms with Crippen molar-refractivity contribution >= 4 is 5.78 Å². The molecule has 0 bridgehead atoms. The van der Waals surface area contributed by atoms with Crippen LogP contribution < -0.4 is 0 Å². The topological polar surface area (TPSA) is 17.1 Å². The van der Waals surface area contributed by atoms with E-state index in [4.69, 9.17) is 0 Å². The molecule has 0 saturated heterocycles. The minimum absolute atomic E-state index is 0.411. The second-order valence-electron chi connectivity index (χ2n) is 4.97. The van der Waals surface area contributed by atoms with Gasteiger partial charge in [0.2, 0.25) is 0 Å². The molecular weight excluding hydrogens is 172 g/mol. The molecule has 0 N–H and O–H groups in total. The summed E-state index contributed by atoms with van der Waals surface area (Å²) < 4.78 is 0. The van der Waals surface area contributed by atoms with E-state index in [1.807, 2.05) is 0 Å². The van der Waals surface area contributed by atoms with Gasteiger partial charge in [-0.05, 0) is 31.1 Å². The molecule has 0 heterocycles. The number of carbonyl (C=O) groups excluding carboxylic acids is 1. The third kappa shape index (κ3) is 3.11. The van der Waals surface area contributed by atoms with E-state index in [1.165, 1.54) is 19.3 Å². The normalized spacial score (nSPS) is 29.1. The number of hydrogen-bond acceptors (Lipinski definition) is 1. The first kappa shape index (κ1) is 11.7. The number of ketones is 1. The predicted octanol–water partition coefficient (Wildman–Crippen LogP) is 3.82. The molecule has 0 radical (unpaired) electrons. The molecule has 0 amide bonds. The standard InChI is InChI=1S/C13H24O/c1-4-10(3)8-13(14)12-7-6-11(5-2)9-12/h10-12H,4-9H2,1-3H3. The third-order valence-electron chi connectivity index (χ3n) is 3.82. The molecule has 0 aromatic carbocycles. The Hall–Kier alpha value is -0.330. The lowest BCUT2D eigenvalue weighted by Gasteiger charge is -2.12. The highest BCUT2D eigenvalue weighted by Gasteiger charge is 2.28. The Balaban J connectivity index is 2.32. The van der Waals surface area contributed by atoms with Crippen molar-refractivity contribution in [3.05, 3.63) is 0 Å². The zero-order chi connectivity index (χ0) is 10.6. The van der Waals surface area contributed by atoms with E-state index in [-0.39, 0.29) is 0 Å². The minimum atomic E-state index is 0.411. The van der Waals surface area contributed by atoms with Gasteiger partial charge in [0.1, 0.15) is 5.78 Å². The molecule has 1 saturated carbocycles. The van der Waals surface area contributed by atoms with E-state index < -0.39 is 0 Å². The summed E-state index contributed by atoms with van der Waals surface area (Å²) in [6.07, 6.45) is 6.83. The summed E-state index contributed by atoms with van der Waals surface area (Å²) in [7, 11) is 0. The highest BCUT2D eigenvalue weighted by Crippen LogP contribution is 2.34. The SMILES string of the molecule is CCC(C)CC(=O)C1CCC(CC)C1. The molecule has 0 spiro atoms. The molecule has 1 fully saturated rings. The molecule has 0 aliphatic heterocycles. The van der Waals surface area contributed by atoms with Gasteiger partial charge in [0.15, 0.2) is 0 Å². The third-order valence-corrected chi connectivity index (χ3v) is 3.82. The molecule has 1 heteroatoms. The number of rotatable bonds is 5. The van der Waals surface area contributed by atoms with Gasteiger partial charge in [0.25, 0.3) is 0 Å². The van der Waals surface area contributed by atoms with Gasteiger partial charge in [-0.1, -0.05) is 33.6 Å². The molecule has 0 aromatic heterocycles. The summed E-state index contributed by atoms with van der Waals surface area (Å²) in [5.41, 5.74) is 0. The predicted molar refractivity (Wildman–Crippen MR) is 60.2 cm³/mol. The maximum atomic E-state index is 11.9. The van der Waals surface area contributed by atoms with Crippen molar-refractivity contribution in [2.24, 2.45) is 17.8 Å². The lowest BCUT2D eigenvalue weighted by atomic mass is 9.92. The summed E-state index contributed by atoms with van der Waals surface area (Å²) in [5.74, 6) is 2.37. The van der Waals surface area contributed by atoms with E-state index in [0.717, 1.165) is 25.2 Å². The highest BCUT2D eigenvalue weighted by atomic mass is 16.1. The van der Waals surface area contributed by atoms with Gasteiger partial charge < -0.3 is 0 Å². The van der Waals surface area contributed by atoms with E-state index in [2.05, 4.69) is 20.8 Å². The number of hydrogen-bond donors (Lipinski definition) is 0. The zero-order valence-corrected chi connectivity index (χ0v) is 9.88. The summed E-state index contributed by atoms with van der Waals surface area (Å²) >= 11 is 0. The van der Waals surface area contributed by atoms with Crippen molar-refractivity contribution in [3.63, 3.8) is 0 Å². The molecule has 82 valence electrons. The smallest absolute Gasteiger partial charge is 0.136 e. The van der Waals surface area contributed by atoms with E-state index >= 15 is 0 Å². The Morgan fingerprint density at radius 1 is 1.36 bits per heavy atom. The summed E-state index contributed by atoms with van der Waals surface area (Å²) in [6, 6.07) is 0. The summed E-state index contributed by atoms with van der Waals surface area (Å²) in [6.45, 7) is 6.60. The number of carbonyl (C=O) groups is 1. The Bertz CT molecular complexity index is 186. The van der Waals surface area contributed by atoms with Gasteiger partial charge in [-0.3, -0.25) is 4.79 Å². The molecule has 1 aliphatic carbocycles. The van der Waals surface area contributed by atoms with E-state index in [0.29, 0.717) is 17.6 Å². The van der Waals surface area contributed by atoms with Crippen LogP contribution in [0.2, 0.25) is 0 Å². The number of Topliss-reactive ketones (excluding diaryl/α,β-unsaturated/α-hetero) is 1. The van der Waals surface area contributed by atoms with Crippen molar-refractivity contribution in [2.75, 3.05) is 0 Å². The first-order valence-electron chi connectivity index (χ1n) is 6.20. The van der Waals surface area contributed by atoms with Crippen LogP contribution in [0.4, 0.5) is 0 Å². The maximum Gasteiger partial charge on any atom is 0.136 e. The van der Waals surface area contributed by atoms with Crippen molar-refractivity contribution in [1.29, 1.82) is 0 Å². The fourth-order valence-electron chi connectivity index (χ4n) is 2.39. The fraction of sp³-hybridized carbons (Fsp3) is 0.923. The molecule has 1 rings (SSSR count). The second-order valence-corrected chi connectivity index (χ2v) is 4.97. The molecule has 3 unspecified atom stereocenters. The summed E-state index contributed by atoms with van der Waals surface area (Å²) in [4.78, 5) is 11.9. The Morgan fingerprint density at radius 2 is 2.07 bits per heavy atom. The molecule has 1 nitrogen and oxygen atoms in total. The molecule has 3 atom stereocenters. The fourth-order valence-corrected chi connectivity index (χ4v) is 2.39. The van der Waals surface area contributed by atoms with Crippen LogP contribution in [0.25, 0.3) is 0 Å². The molecule has 14 heavy (non-hydrogen) atoms. The Morgan fingerprint density at radius 3 is 2.57 bits per heavy atom. The zero-order valence-electron chi connectivity index (χ0n) is 9.88. The first-order chi connectivity index (χ1) is 6.67. The average molecular weight is 196 g/mol. The quantitative estimate of drug-likeness (QED) is 0.653. The van der Waals surface area contributed by atoms with Crippen molar-refractivity contribution in [2.45, 2.75) is 59.3 Å². The van der Waals surface area contributed by atoms with Gasteiger partial charge in [-0.25, -0.2) is 0 Å². The summed E-state index contributed by atoms with van der Waals surface area (Å²) in [5, 5.41) is 0. The van der Waals surface area contributed by atoms with Crippen LogP contribution in [0.15, 0.2) is 0 Å². The van der Waals surface area contributed by atoms with Crippen molar-refractivity contribution in [3.8, 4) is 0 Å². The van der Waals surface area contributed by atoms with E-state index in [9.17, 15) is 4.79 Å². The highest BCUT2D eigenvalue weighted by molar-refractivity contribution is 5.81. The Labute approximate surface area is 88.3 Å². The van der Waals surface area contributed by atoms with Crippen molar-refractivity contribution < 1.29 is 4.79 Å². The van der Waals surface area contributed by atoms with Crippen LogP contribution in [0.3, 0.4) is 0 Å². The van der Waals surface area contributed by atoms with Crippen LogP contribution in [-0.4, -0.2) is 5.78 Å². The van der Waals surface area contributed by atoms with Gasteiger partial charge in [0, 0.05) is 12.3 Å². The minimum Gasteiger partial charge on any atom is -0.299 e. The van der Waals surface area contributed by atoms with Crippen molar-refractivity contribution in [1.82, 2.24) is 0 Å². The lowest BCUT2D eigenvalue weighted by Crippen LogP contribution is -2.14. The van der Waals surface area contributed by atoms with Crippen LogP contribution in [0.5, 0.6) is 0 Å². The van der Waals surface area contributed by atoms with Gasteiger partial charge >= 0.3 is 0 Å². The maximum absolute atomic E-state index is 11.9. The van der Waals surface area contributed by atoms with E-state index in [1.54, 1.807) is 0 Å². The van der Waals surface area contributed by atoms with Gasteiger partial charge in [-0.15, -0.1) is 0 Å². The lowest BCUT2D eigenvalue weighted by molar-refractivity contribution is -0.123. The largest absolute Gasteiger partial charge is 0.299 e. The van der Waals surface area contributed by atoms with Crippen LogP contribution in [0, 0.1) is 17.8 Å². The van der Waals surface area contributed by atoms with Gasteiger partial charge in [-0.2, -0.15) is 0 Å².